The molecule has 0 unspecified atom stereocenters. The van der Waals surface area contributed by atoms with Gasteiger partial charge >= 0.3 is 0 Å². The average molecular weight is 348 g/mol. The third-order valence-electron chi connectivity index (χ3n) is 4.45. The average Bonchev–Trinajstić information content (AvgIpc) is 2.99. The highest BCUT2D eigenvalue weighted by Crippen LogP contribution is 2.46. The lowest BCUT2D eigenvalue weighted by atomic mass is 9.80. The van der Waals surface area contributed by atoms with Crippen LogP contribution in [0.1, 0.15) is 5.56 Å². The first-order valence-corrected chi connectivity index (χ1v) is 8.39. The van der Waals surface area contributed by atoms with Crippen molar-refractivity contribution in [1.29, 1.82) is 0 Å². The van der Waals surface area contributed by atoms with Gasteiger partial charge in [0, 0.05) is 46.8 Å². The monoisotopic (exact) mass is 348 g/mol. The van der Waals surface area contributed by atoms with Crippen molar-refractivity contribution in [1.82, 2.24) is 9.97 Å². The van der Waals surface area contributed by atoms with Crippen LogP contribution in [0.2, 0.25) is 0 Å². The summed E-state index contributed by atoms with van der Waals surface area (Å²) in [6, 6.07) is 2.37. The standard InChI is InChI=1S/C16H14F2N4OS/c17-13-2-14(18)12(1-11(13)9-3-20-8-21-4-9)16-7-23-5-10(16)6-24-15(19)22-16/h1-4,8,10H,5-7H2,(H2,19,22)/t10-,16-/m0/s1. The Morgan fingerprint density at radius 2 is 2.00 bits per heavy atom. The van der Waals surface area contributed by atoms with Crippen LogP contribution in [-0.2, 0) is 10.3 Å². The van der Waals surface area contributed by atoms with Crippen LogP contribution < -0.4 is 5.73 Å². The minimum absolute atomic E-state index is 0.00497. The van der Waals surface area contributed by atoms with E-state index in [1.54, 1.807) is 0 Å². The Labute approximate surface area is 141 Å². The molecule has 124 valence electrons. The molecule has 5 nitrogen and oxygen atoms in total. The van der Waals surface area contributed by atoms with Gasteiger partial charge < -0.3 is 10.5 Å². The van der Waals surface area contributed by atoms with Gasteiger partial charge in [-0.2, -0.15) is 0 Å². The van der Waals surface area contributed by atoms with Crippen LogP contribution in [0, 0.1) is 17.6 Å². The maximum Gasteiger partial charge on any atom is 0.154 e. The Bertz CT molecular complexity index is 817. The number of rotatable bonds is 2. The van der Waals surface area contributed by atoms with Crippen molar-refractivity contribution in [3.8, 4) is 11.1 Å². The number of amidine groups is 1. The number of hydrogen-bond acceptors (Lipinski definition) is 6. The summed E-state index contributed by atoms with van der Waals surface area (Å²) < 4.78 is 34.5. The summed E-state index contributed by atoms with van der Waals surface area (Å²) in [5.74, 6) is -0.627. The van der Waals surface area contributed by atoms with E-state index < -0.39 is 17.2 Å². The Kier molecular flexibility index (Phi) is 3.73. The maximum absolute atomic E-state index is 14.6. The van der Waals surface area contributed by atoms with Gasteiger partial charge in [0.15, 0.2) is 5.17 Å². The lowest BCUT2D eigenvalue weighted by Crippen LogP contribution is -2.40. The van der Waals surface area contributed by atoms with Crippen LogP contribution in [0.25, 0.3) is 11.1 Å². The summed E-state index contributed by atoms with van der Waals surface area (Å²) in [6.07, 6.45) is 4.33. The summed E-state index contributed by atoms with van der Waals surface area (Å²) in [7, 11) is 0. The SMILES string of the molecule is NC1=N[C@@]2(c3cc(-c4cncnc4)c(F)cc3F)COC[C@H]2CS1. The number of halogens is 2. The van der Waals surface area contributed by atoms with E-state index in [-0.39, 0.29) is 18.1 Å². The maximum atomic E-state index is 14.6. The molecule has 0 radical (unpaired) electrons. The van der Waals surface area contributed by atoms with E-state index in [2.05, 4.69) is 15.0 Å². The fourth-order valence-corrected chi connectivity index (χ4v) is 4.21. The lowest BCUT2D eigenvalue weighted by molar-refractivity contribution is 0.176. The normalized spacial score (nSPS) is 26.1. The molecular weight excluding hydrogens is 334 g/mol. The van der Waals surface area contributed by atoms with Crippen molar-refractivity contribution < 1.29 is 13.5 Å². The van der Waals surface area contributed by atoms with Crippen molar-refractivity contribution in [2.45, 2.75) is 5.54 Å². The van der Waals surface area contributed by atoms with E-state index in [0.717, 1.165) is 6.07 Å². The molecule has 1 fully saturated rings. The zero-order valence-corrected chi connectivity index (χ0v) is 13.4. The predicted octanol–water partition coefficient (Wildman–Crippen LogP) is 2.33. The van der Waals surface area contributed by atoms with Gasteiger partial charge in [0.25, 0.3) is 0 Å². The van der Waals surface area contributed by atoms with E-state index in [9.17, 15) is 8.78 Å². The smallest absolute Gasteiger partial charge is 0.154 e. The van der Waals surface area contributed by atoms with E-state index in [1.165, 1.54) is 36.5 Å². The van der Waals surface area contributed by atoms with Crippen molar-refractivity contribution in [2.24, 2.45) is 16.6 Å². The largest absolute Gasteiger partial charge is 0.379 e. The Balaban J connectivity index is 1.91. The fourth-order valence-electron chi connectivity index (χ4n) is 3.23. The number of ether oxygens (including phenoxy) is 1. The van der Waals surface area contributed by atoms with Crippen molar-refractivity contribution in [3.05, 3.63) is 48.1 Å². The van der Waals surface area contributed by atoms with Gasteiger partial charge in [-0.05, 0) is 6.07 Å². The molecule has 0 bridgehead atoms. The van der Waals surface area contributed by atoms with Crippen LogP contribution in [0.15, 0.2) is 35.8 Å². The molecule has 3 heterocycles. The molecular formula is C16H14F2N4OS. The molecule has 2 aromatic rings. The van der Waals surface area contributed by atoms with Gasteiger partial charge in [0.1, 0.15) is 23.5 Å². The second kappa shape index (κ2) is 5.78. The number of nitrogens with two attached hydrogens (primary N) is 1. The number of aromatic nitrogens is 2. The highest BCUT2D eigenvalue weighted by Gasteiger charge is 2.49. The van der Waals surface area contributed by atoms with E-state index in [0.29, 0.717) is 28.7 Å². The molecule has 0 amide bonds. The van der Waals surface area contributed by atoms with Gasteiger partial charge in [-0.1, -0.05) is 11.8 Å². The molecule has 2 aliphatic heterocycles. The number of aliphatic imine (C=N–C) groups is 1. The quantitative estimate of drug-likeness (QED) is 0.902. The van der Waals surface area contributed by atoms with Gasteiger partial charge in [-0.25, -0.2) is 23.7 Å². The summed E-state index contributed by atoms with van der Waals surface area (Å²) in [6.45, 7) is 0.705. The van der Waals surface area contributed by atoms with Gasteiger partial charge in [-0.3, -0.25) is 0 Å². The predicted molar refractivity (Wildman–Crippen MR) is 87.5 cm³/mol. The molecule has 1 aromatic heterocycles. The number of nitrogens with zero attached hydrogens (tertiary/aromatic N) is 3. The molecule has 2 N–H and O–H groups in total. The Morgan fingerprint density at radius 3 is 2.79 bits per heavy atom. The van der Waals surface area contributed by atoms with E-state index >= 15 is 0 Å². The summed E-state index contributed by atoms with van der Waals surface area (Å²) >= 11 is 1.43. The van der Waals surface area contributed by atoms with Crippen LogP contribution in [-0.4, -0.2) is 34.1 Å². The molecule has 8 heteroatoms. The number of fused-ring (bicyclic) bond motifs is 1. The van der Waals surface area contributed by atoms with Crippen molar-refractivity contribution >= 4 is 16.9 Å². The van der Waals surface area contributed by atoms with Gasteiger partial charge in [0.05, 0.1) is 13.2 Å². The van der Waals surface area contributed by atoms with Crippen molar-refractivity contribution in [2.75, 3.05) is 19.0 Å². The number of benzene rings is 1. The first kappa shape index (κ1) is 15.5. The lowest BCUT2D eigenvalue weighted by Gasteiger charge is -2.34. The van der Waals surface area contributed by atoms with Crippen molar-refractivity contribution in [3.63, 3.8) is 0 Å². The minimum atomic E-state index is -0.905. The Morgan fingerprint density at radius 1 is 1.21 bits per heavy atom. The number of thioether (sulfide) groups is 1. The second-order valence-electron chi connectivity index (χ2n) is 5.84. The van der Waals surface area contributed by atoms with Crippen LogP contribution in [0.5, 0.6) is 0 Å². The molecule has 0 aliphatic carbocycles. The van der Waals surface area contributed by atoms with Gasteiger partial charge in [-0.15, -0.1) is 0 Å². The van der Waals surface area contributed by atoms with Crippen LogP contribution in [0.4, 0.5) is 8.78 Å². The summed E-state index contributed by atoms with van der Waals surface area (Å²) in [5.41, 5.74) is 5.99. The molecule has 1 saturated heterocycles. The molecule has 24 heavy (non-hydrogen) atoms. The molecule has 1 aromatic carbocycles. The first-order valence-electron chi connectivity index (χ1n) is 7.41. The highest BCUT2D eigenvalue weighted by molar-refractivity contribution is 8.13. The summed E-state index contributed by atoms with van der Waals surface area (Å²) in [4.78, 5) is 12.3. The van der Waals surface area contributed by atoms with E-state index in [4.69, 9.17) is 10.5 Å². The van der Waals surface area contributed by atoms with Crippen LogP contribution in [0.3, 0.4) is 0 Å². The Hall–Kier alpha value is -2.06. The van der Waals surface area contributed by atoms with E-state index in [1.807, 2.05) is 0 Å². The van der Waals surface area contributed by atoms with Gasteiger partial charge in [0.2, 0.25) is 0 Å². The third-order valence-corrected chi connectivity index (χ3v) is 5.41. The first-order chi connectivity index (χ1) is 11.6. The fraction of sp³-hybridized carbons (Fsp3) is 0.312. The highest BCUT2D eigenvalue weighted by atomic mass is 32.2. The minimum Gasteiger partial charge on any atom is -0.379 e. The topological polar surface area (TPSA) is 73.4 Å². The molecule has 2 atom stereocenters. The number of hydrogen-bond donors (Lipinski definition) is 1. The molecule has 0 spiro atoms. The zero-order valence-electron chi connectivity index (χ0n) is 12.6. The second-order valence-corrected chi connectivity index (χ2v) is 6.88. The van der Waals surface area contributed by atoms with Crippen LogP contribution >= 0.6 is 11.8 Å². The summed E-state index contributed by atoms with van der Waals surface area (Å²) in [5, 5.41) is 0.394. The molecule has 0 saturated carbocycles. The molecule has 4 rings (SSSR count). The third kappa shape index (κ3) is 2.37. The zero-order chi connectivity index (χ0) is 16.7. The molecule has 2 aliphatic rings.